The van der Waals surface area contributed by atoms with Gasteiger partial charge in [-0.15, -0.1) is 0 Å². The SMILES string of the molecule is CCCC(C)N(C)C(=O)CCCCC(=O)O. The molecular weight excluding hydrogens is 206 g/mol. The molecule has 0 aromatic carbocycles. The second-order valence-electron chi connectivity index (χ2n) is 4.24. The summed E-state index contributed by atoms with van der Waals surface area (Å²) in [5.74, 6) is -0.675. The third-order valence-electron chi connectivity index (χ3n) is 2.79. The number of hydrogen-bond donors (Lipinski definition) is 1. The number of carbonyl (C=O) groups is 2. The first-order chi connectivity index (χ1) is 7.49. The third-order valence-corrected chi connectivity index (χ3v) is 2.79. The summed E-state index contributed by atoms with van der Waals surface area (Å²) in [5.41, 5.74) is 0. The van der Waals surface area contributed by atoms with Gasteiger partial charge >= 0.3 is 5.97 Å². The molecule has 0 aliphatic rings. The molecule has 0 aromatic rings. The highest BCUT2D eigenvalue weighted by Crippen LogP contribution is 2.08. The number of rotatable bonds is 8. The van der Waals surface area contributed by atoms with Gasteiger partial charge in [0.25, 0.3) is 0 Å². The number of hydrogen-bond acceptors (Lipinski definition) is 2. The van der Waals surface area contributed by atoms with E-state index in [2.05, 4.69) is 6.92 Å². The predicted molar refractivity (Wildman–Crippen MR) is 63.2 cm³/mol. The summed E-state index contributed by atoms with van der Waals surface area (Å²) in [6.07, 6.45) is 3.93. The van der Waals surface area contributed by atoms with Crippen LogP contribution in [-0.2, 0) is 9.59 Å². The lowest BCUT2D eigenvalue weighted by Crippen LogP contribution is -2.34. The van der Waals surface area contributed by atoms with Crippen molar-refractivity contribution in [3.8, 4) is 0 Å². The Kier molecular flexibility index (Phi) is 7.60. The molecule has 0 spiro atoms. The molecule has 0 heterocycles. The van der Waals surface area contributed by atoms with Crippen molar-refractivity contribution in [2.75, 3.05) is 7.05 Å². The van der Waals surface area contributed by atoms with Crippen molar-refractivity contribution < 1.29 is 14.7 Å². The largest absolute Gasteiger partial charge is 0.481 e. The van der Waals surface area contributed by atoms with Crippen LogP contribution in [0.1, 0.15) is 52.4 Å². The van der Waals surface area contributed by atoms with Crippen molar-refractivity contribution in [2.24, 2.45) is 0 Å². The van der Waals surface area contributed by atoms with Crippen molar-refractivity contribution in [2.45, 2.75) is 58.4 Å². The van der Waals surface area contributed by atoms with E-state index in [0.29, 0.717) is 19.3 Å². The molecule has 16 heavy (non-hydrogen) atoms. The van der Waals surface area contributed by atoms with E-state index >= 15 is 0 Å². The normalized spacial score (nSPS) is 12.2. The van der Waals surface area contributed by atoms with E-state index in [4.69, 9.17) is 5.11 Å². The molecule has 0 saturated heterocycles. The molecule has 4 nitrogen and oxygen atoms in total. The van der Waals surface area contributed by atoms with E-state index in [1.54, 1.807) is 4.90 Å². The maximum absolute atomic E-state index is 11.7. The highest BCUT2D eigenvalue weighted by Gasteiger charge is 2.14. The monoisotopic (exact) mass is 229 g/mol. The summed E-state index contributed by atoms with van der Waals surface area (Å²) in [5, 5.41) is 8.45. The van der Waals surface area contributed by atoms with E-state index < -0.39 is 5.97 Å². The van der Waals surface area contributed by atoms with E-state index in [1.807, 2.05) is 14.0 Å². The number of nitrogens with zero attached hydrogens (tertiary/aromatic N) is 1. The molecule has 0 rings (SSSR count). The number of unbranched alkanes of at least 4 members (excludes halogenated alkanes) is 1. The van der Waals surface area contributed by atoms with Crippen LogP contribution in [-0.4, -0.2) is 35.0 Å². The van der Waals surface area contributed by atoms with Gasteiger partial charge in [-0.2, -0.15) is 0 Å². The number of amides is 1. The van der Waals surface area contributed by atoms with Gasteiger partial charge in [0.2, 0.25) is 5.91 Å². The van der Waals surface area contributed by atoms with Crippen LogP contribution in [0.15, 0.2) is 0 Å². The fourth-order valence-electron chi connectivity index (χ4n) is 1.59. The second kappa shape index (κ2) is 8.13. The zero-order valence-electron chi connectivity index (χ0n) is 10.5. The fourth-order valence-corrected chi connectivity index (χ4v) is 1.59. The minimum atomic E-state index is -0.792. The minimum absolute atomic E-state index is 0.117. The molecule has 0 fully saturated rings. The van der Waals surface area contributed by atoms with Crippen LogP contribution in [0.25, 0.3) is 0 Å². The molecule has 4 heteroatoms. The van der Waals surface area contributed by atoms with Crippen LogP contribution in [0, 0.1) is 0 Å². The lowest BCUT2D eigenvalue weighted by molar-refractivity contribution is -0.137. The first-order valence-electron chi connectivity index (χ1n) is 5.96. The topological polar surface area (TPSA) is 57.6 Å². The van der Waals surface area contributed by atoms with Gasteiger partial charge < -0.3 is 10.0 Å². The summed E-state index contributed by atoms with van der Waals surface area (Å²) in [7, 11) is 1.82. The molecule has 0 aromatic heterocycles. The highest BCUT2D eigenvalue weighted by molar-refractivity contribution is 5.76. The van der Waals surface area contributed by atoms with Crippen LogP contribution in [0.5, 0.6) is 0 Å². The van der Waals surface area contributed by atoms with Gasteiger partial charge in [-0.3, -0.25) is 9.59 Å². The molecule has 0 aliphatic heterocycles. The summed E-state index contributed by atoms with van der Waals surface area (Å²) in [4.78, 5) is 23.7. The molecule has 1 N–H and O–H groups in total. The van der Waals surface area contributed by atoms with Gasteiger partial charge in [0.15, 0.2) is 0 Å². The van der Waals surface area contributed by atoms with Crippen LogP contribution in [0.4, 0.5) is 0 Å². The fraction of sp³-hybridized carbons (Fsp3) is 0.833. The maximum Gasteiger partial charge on any atom is 0.303 e. The van der Waals surface area contributed by atoms with Gasteiger partial charge in [0, 0.05) is 25.9 Å². The molecule has 0 saturated carbocycles. The summed E-state index contributed by atoms with van der Waals surface area (Å²) < 4.78 is 0. The molecule has 1 amide bonds. The van der Waals surface area contributed by atoms with Gasteiger partial charge in [0.05, 0.1) is 0 Å². The quantitative estimate of drug-likeness (QED) is 0.650. The van der Waals surface area contributed by atoms with Gasteiger partial charge in [-0.25, -0.2) is 0 Å². The average Bonchev–Trinajstić information content (AvgIpc) is 2.23. The lowest BCUT2D eigenvalue weighted by Gasteiger charge is -2.24. The lowest BCUT2D eigenvalue weighted by atomic mass is 10.1. The number of carboxylic acid groups (broad SMARTS) is 1. The predicted octanol–water partition coefficient (Wildman–Crippen LogP) is 2.28. The van der Waals surface area contributed by atoms with Crippen LogP contribution >= 0.6 is 0 Å². The van der Waals surface area contributed by atoms with Gasteiger partial charge in [-0.05, 0) is 26.2 Å². The van der Waals surface area contributed by atoms with Crippen molar-refractivity contribution in [3.05, 3.63) is 0 Å². The number of carbonyl (C=O) groups excluding carboxylic acids is 1. The van der Waals surface area contributed by atoms with Gasteiger partial charge in [0.1, 0.15) is 0 Å². The van der Waals surface area contributed by atoms with Crippen molar-refractivity contribution >= 4 is 11.9 Å². The summed E-state index contributed by atoms with van der Waals surface area (Å²) in [6, 6.07) is 0.275. The van der Waals surface area contributed by atoms with Crippen molar-refractivity contribution in [3.63, 3.8) is 0 Å². The van der Waals surface area contributed by atoms with E-state index in [0.717, 1.165) is 12.8 Å². The first-order valence-corrected chi connectivity index (χ1v) is 5.96. The Hall–Kier alpha value is -1.06. The Balaban J connectivity index is 3.74. The van der Waals surface area contributed by atoms with Crippen LogP contribution in [0.2, 0.25) is 0 Å². The highest BCUT2D eigenvalue weighted by atomic mass is 16.4. The van der Waals surface area contributed by atoms with E-state index in [1.165, 1.54) is 0 Å². The Morgan fingerprint density at radius 3 is 2.31 bits per heavy atom. The van der Waals surface area contributed by atoms with Crippen molar-refractivity contribution in [1.82, 2.24) is 4.90 Å². The first kappa shape index (κ1) is 14.9. The standard InChI is InChI=1S/C12H23NO3/c1-4-7-10(2)13(3)11(14)8-5-6-9-12(15)16/h10H,4-9H2,1-3H3,(H,15,16). The van der Waals surface area contributed by atoms with E-state index in [9.17, 15) is 9.59 Å². The number of carboxylic acids is 1. The second-order valence-corrected chi connectivity index (χ2v) is 4.24. The van der Waals surface area contributed by atoms with Gasteiger partial charge in [-0.1, -0.05) is 13.3 Å². The molecule has 94 valence electrons. The Morgan fingerprint density at radius 2 is 1.81 bits per heavy atom. The maximum atomic E-state index is 11.7. The van der Waals surface area contributed by atoms with E-state index in [-0.39, 0.29) is 18.4 Å². The molecule has 0 bridgehead atoms. The zero-order valence-corrected chi connectivity index (χ0v) is 10.5. The zero-order chi connectivity index (χ0) is 12.6. The molecule has 0 aliphatic carbocycles. The van der Waals surface area contributed by atoms with Crippen LogP contribution < -0.4 is 0 Å². The smallest absolute Gasteiger partial charge is 0.303 e. The molecule has 1 unspecified atom stereocenters. The number of aliphatic carboxylic acids is 1. The van der Waals surface area contributed by atoms with Crippen molar-refractivity contribution in [1.29, 1.82) is 0 Å². The summed E-state index contributed by atoms with van der Waals surface area (Å²) >= 11 is 0. The Morgan fingerprint density at radius 1 is 1.25 bits per heavy atom. The van der Waals surface area contributed by atoms with Crippen LogP contribution in [0.3, 0.4) is 0 Å². The molecular formula is C12H23NO3. The Bertz CT molecular complexity index is 228. The molecule has 1 atom stereocenters. The molecule has 0 radical (unpaired) electrons. The minimum Gasteiger partial charge on any atom is -0.481 e. The third kappa shape index (κ3) is 6.43. The Labute approximate surface area is 97.6 Å². The average molecular weight is 229 g/mol. The summed E-state index contributed by atoms with van der Waals surface area (Å²) in [6.45, 7) is 4.14.